The molecule has 1 saturated heterocycles. The van der Waals surface area contributed by atoms with Crippen LogP contribution in [0.2, 0.25) is 0 Å². The van der Waals surface area contributed by atoms with Crippen LogP contribution in [0, 0.1) is 5.82 Å². The molecule has 1 aromatic carbocycles. The van der Waals surface area contributed by atoms with Gasteiger partial charge in [-0.3, -0.25) is 0 Å². The van der Waals surface area contributed by atoms with Gasteiger partial charge in [0.1, 0.15) is 12.1 Å². The van der Waals surface area contributed by atoms with E-state index in [1.54, 1.807) is 0 Å². The van der Waals surface area contributed by atoms with E-state index in [1.165, 1.54) is 6.42 Å². The molecule has 0 radical (unpaired) electrons. The average Bonchev–Trinajstić information content (AvgIpc) is 3.19. The largest absolute Gasteiger partial charge is 0.476 e. The van der Waals surface area contributed by atoms with Crippen LogP contribution in [-0.4, -0.2) is 36.1 Å². The Morgan fingerprint density at radius 3 is 3.00 bits per heavy atom. The number of halogens is 2. The predicted molar refractivity (Wildman–Crippen MR) is 89.0 cm³/mol. The van der Waals surface area contributed by atoms with Crippen LogP contribution in [-0.2, 0) is 18.0 Å². The number of aromatic nitrogens is 1. The second-order valence-electron chi connectivity index (χ2n) is 6.21. The van der Waals surface area contributed by atoms with Crippen LogP contribution >= 0.6 is 15.9 Å². The topological polar surface area (TPSA) is 34.6 Å². The van der Waals surface area contributed by atoms with Gasteiger partial charge < -0.3 is 14.4 Å². The molecule has 4 nitrogen and oxygen atoms in total. The molecule has 0 saturated carbocycles. The number of nitrogens with zero attached hydrogens (tertiary/aromatic N) is 2. The zero-order valence-corrected chi connectivity index (χ0v) is 14.5. The van der Waals surface area contributed by atoms with Crippen LogP contribution in [0.4, 0.5) is 4.39 Å². The van der Waals surface area contributed by atoms with Gasteiger partial charge in [0.2, 0.25) is 5.88 Å². The lowest BCUT2D eigenvalue weighted by Gasteiger charge is -2.19. The van der Waals surface area contributed by atoms with Crippen molar-refractivity contribution in [3.8, 4) is 5.88 Å². The summed E-state index contributed by atoms with van der Waals surface area (Å²) in [6.45, 7) is 2.63. The summed E-state index contributed by atoms with van der Waals surface area (Å²) in [5.74, 6) is 0.134. The molecule has 0 aliphatic carbocycles. The van der Waals surface area contributed by atoms with Gasteiger partial charge in [0.15, 0.2) is 5.82 Å². The maximum Gasteiger partial charge on any atom is 0.213 e. The van der Waals surface area contributed by atoms with Gasteiger partial charge in [-0.25, -0.2) is 9.37 Å². The van der Waals surface area contributed by atoms with Crippen molar-refractivity contribution in [1.82, 2.24) is 9.88 Å². The number of fused-ring (bicyclic) bond motifs is 3. The minimum atomic E-state index is -0.340. The molecule has 1 fully saturated rings. The molecule has 2 aliphatic rings. The Labute approximate surface area is 142 Å². The highest BCUT2D eigenvalue weighted by atomic mass is 79.9. The van der Waals surface area contributed by atoms with Crippen molar-refractivity contribution < 1.29 is 13.9 Å². The summed E-state index contributed by atoms with van der Waals surface area (Å²) < 4.78 is 26.3. The molecule has 122 valence electrons. The highest BCUT2D eigenvalue weighted by Gasteiger charge is 2.24. The Balaban J connectivity index is 1.65. The first-order valence-electron chi connectivity index (χ1n) is 7.85. The molecule has 4 rings (SSSR count). The van der Waals surface area contributed by atoms with Gasteiger partial charge in [-0.15, -0.1) is 0 Å². The van der Waals surface area contributed by atoms with E-state index in [0.29, 0.717) is 41.7 Å². The quantitative estimate of drug-likeness (QED) is 0.813. The molecule has 23 heavy (non-hydrogen) atoms. The normalized spacial score (nSPS) is 21.1. The van der Waals surface area contributed by atoms with Crippen molar-refractivity contribution >= 4 is 26.8 Å². The summed E-state index contributed by atoms with van der Waals surface area (Å²) in [7, 11) is 2.11. The lowest BCUT2D eigenvalue weighted by atomic mass is 10.0. The third-order valence-corrected chi connectivity index (χ3v) is 5.64. The lowest BCUT2D eigenvalue weighted by molar-refractivity contribution is 0.134. The van der Waals surface area contributed by atoms with Crippen LogP contribution in [0.1, 0.15) is 24.0 Å². The number of pyridine rings is 1. The van der Waals surface area contributed by atoms with Crippen molar-refractivity contribution in [3.05, 3.63) is 33.5 Å². The van der Waals surface area contributed by atoms with Crippen LogP contribution in [0.15, 0.2) is 16.6 Å². The number of ether oxygens (including phenoxy) is 2. The van der Waals surface area contributed by atoms with E-state index in [2.05, 4.69) is 32.9 Å². The van der Waals surface area contributed by atoms with Gasteiger partial charge in [-0.1, -0.05) is 0 Å². The summed E-state index contributed by atoms with van der Waals surface area (Å²) in [4.78, 5) is 6.69. The fourth-order valence-corrected chi connectivity index (χ4v) is 3.95. The molecule has 1 aromatic heterocycles. The molecule has 2 aromatic rings. The van der Waals surface area contributed by atoms with Crippen molar-refractivity contribution in [2.45, 2.75) is 32.1 Å². The summed E-state index contributed by atoms with van der Waals surface area (Å²) in [6.07, 6.45) is 2.33. The molecular weight excluding hydrogens is 363 g/mol. The summed E-state index contributed by atoms with van der Waals surface area (Å²) in [6, 6.07) is 4.12. The van der Waals surface area contributed by atoms with Crippen LogP contribution in [0.3, 0.4) is 0 Å². The first-order valence-corrected chi connectivity index (χ1v) is 8.64. The SMILES string of the molecule is CN1CCC[C@H]1COc1ccc2c3c(c(Br)c(F)c2n1)COC3. The number of rotatable bonds is 3. The molecule has 0 amide bonds. The second-order valence-corrected chi connectivity index (χ2v) is 7.00. The minimum Gasteiger partial charge on any atom is -0.476 e. The Morgan fingerprint density at radius 2 is 2.22 bits per heavy atom. The fraction of sp³-hybridized carbons (Fsp3) is 0.471. The summed E-state index contributed by atoms with van der Waals surface area (Å²) in [5.41, 5.74) is 2.25. The van der Waals surface area contributed by atoms with Gasteiger partial charge in [-0.2, -0.15) is 0 Å². The Bertz CT molecular complexity index is 768. The number of benzene rings is 1. The van der Waals surface area contributed by atoms with Gasteiger partial charge >= 0.3 is 0 Å². The average molecular weight is 381 g/mol. The van der Waals surface area contributed by atoms with Crippen LogP contribution < -0.4 is 4.74 Å². The van der Waals surface area contributed by atoms with Gasteiger partial charge in [0.25, 0.3) is 0 Å². The number of hydrogen-bond acceptors (Lipinski definition) is 4. The summed E-state index contributed by atoms with van der Waals surface area (Å²) in [5, 5.41) is 0.809. The molecule has 0 spiro atoms. The smallest absolute Gasteiger partial charge is 0.213 e. The van der Waals surface area contributed by atoms with Gasteiger partial charge in [0, 0.05) is 23.1 Å². The molecular formula is C17H18BrFN2O2. The van der Waals surface area contributed by atoms with Gasteiger partial charge in [-0.05, 0) is 54.0 Å². The molecule has 0 unspecified atom stereocenters. The van der Waals surface area contributed by atoms with E-state index >= 15 is 0 Å². The third-order valence-electron chi connectivity index (χ3n) is 4.81. The molecule has 3 heterocycles. The van der Waals surface area contributed by atoms with E-state index in [-0.39, 0.29) is 5.82 Å². The Morgan fingerprint density at radius 1 is 1.39 bits per heavy atom. The zero-order valence-electron chi connectivity index (χ0n) is 12.9. The number of hydrogen-bond donors (Lipinski definition) is 0. The van der Waals surface area contributed by atoms with Gasteiger partial charge in [0.05, 0.1) is 17.7 Å². The lowest BCUT2D eigenvalue weighted by Crippen LogP contribution is -2.30. The first-order chi connectivity index (χ1) is 11.1. The fourth-order valence-electron chi connectivity index (χ4n) is 3.41. The molecule has 2 aliphatic heterocycles. The van der Waals surface area contributed by atoms with E-state index in [4.69, 9.17) is 9.47 Å². The minimum absolute atomic E-state index is 0.340. The van der Waals surface area contributed by atoms with Crippen molar-refractivity contribution in [2.24, 2.45) is 0 Å². The first kappa shape index (κ1) is 15.3. The maximum atomic E-state index is 14.6. The van der Waals surface area contributed by atoms with Crippen LogP contribution in [0.5, 0.6) is 5.88 Å². The Kier molecular flexibility index (Phi) is 3.99. The molecule has 1 atom stereocenters. The molecule has 6 heteroatoms. The maximum absolute atomic E-state index is 14.6. The van der Waals surface area contributed by atoms with Crippen molar-refractivity contribution in [2.75, 3.05) is 20.2 Å². The Hall–Kier alpha value is -1.24. The van der Waals surface area contributed by atoms with Crippen LogP contribution in [0.25, 0.3) is 10.9 Å². The van der Waals surface area contributed by atoms with Crippen molar-refractivity contribution in [3.63, 3.8) is 0 Å². The highest BCUT2D eigenvalue weighted by Crippen LogP contribution is 2.37. The molecule has 0 N–H and O–H groups in total. The predicted octanol–water partition coefficient (Wildman–Crippen LogP) is 3.64. The van der Waals surface area contributed by atoms with E-state index < -0.39 is 0 Å². The monoisotopic (exact) mass is 380 g/mol. The molecule has 0 bridgehead atoms. The highest BCUT2D eigenvalue weighted by molar-refractivity contribution is 9.10. The second kappa shape index (κ2) is 6.00. The van der Waals surface area contributed by atoms with E-state index in [1.807, 2.05) is 12.1 Å². The van der Waals surface area contributed by atoms with E-state index in [9.17, 15) is 4.39 Å². The van der Waals surface area contributed by atoms with E-state index in [0.717, 1.165) is 29.5 Å². The van der Waals surface area contributed by atoms with Crippen molar-refractivity contribution in [1.29, 1.82) is 0 Å². The third kappa shape index (κ3) is 2.62. The standard InChI is InChI=1S/C17H18BrFN2O2/c1-21-6-2-3-10(21)7-23-14-5-4-11-12-8-22-9-13(12)15(18)16(19)17(11)20-14/h4-5,10H,2-3,6-9H2,1H3/t10-/m0/s1. The summed E-state index contributed by atoms with van der Waals surface area (Å²) >= 11 is 3.34. The number of likely N-dealkylation sites (tertiary alicyclic amines) is 1. The number of likely N-dealkylation sites (N-methyl/N-ethyl adjacent to an activating group) is 1. The zero-order chi connectivity index (χ0) is 16.0.